The smallest absolute Gasteiger partial charge is 0.0583 e. The molecule has 1 aliphatic carbocycles. The lowest BCUT2D eigenvalue weighted by atomic mass is 9.78. The third-order valence-corrected chi connectivity index (χ3v) is 4.98. The van der Waals surface area contributed by atoms with Crippen LogP contribution in [-0.4, -0.2) is 49.0 Å². The summed E-state index contributed by atoms with van der Waals surface area (Å²) in [4.78, 5) is 2.67. The Kier molecular flexibility index (Phi) is 6.62. The molecule has 2 aliphatic rings. The lowest BCUT2D eigenvalue weighted by molar-refractivity contribution is -0.00644. The van der Waals surface area contributed by atoms with Crippen LogP contribution in [0.2, 0.25) is 0 Å². The first-order valence-corrected chi connectivity index (χ1v) is 8.24. The van der Waals surface area contributed by atoms with Gasteiger partial charge in [-0.3, -0.25) is 0 Å². The van der Waals surface area contributed by atoms with Crippen molar-refractivity contribution >= 4 is 0 Å². The zero-order valence-corrected chi connectivity index (χ0v) is 12.5. The van der Waals surface area contributed by atoms with Gasteiger partial charge in [-0.2, -0.15) is 0 Å². The van der Waals surface area contributed by atoms with Crippen LogP contribution >= 0.6 is 0 Å². The maximum Gasteiger partial charge on any atom is 0.0583 e. The number of unbranched alkanes of at least 4 members (excludes halogenated alkanes) is 1. The number of nitrogens with zero attached hydrogens (tertiary/aromatic N) is 1. The van der Waals surface area contributed by atoms with Crippen molar-refractivity contribution in [1.29, 1.82) is 0 Å². The zero-order valence-electron chi connectivity index (χ0n) is 12.5. The molecule has 0 aromatic heterocycles. The van der Waals surface area contributed by atoms with Crippen molar-refractivity contribution in [1.82, 2.24) is 4.90 Å². The molecule has 1 N–H and O–H groups in total. The Hall–Kier alpha value is -0.120. The second-order valence-corrected chi connectivity index (χ2v) is 6.31. The molecule has 19 heavy (non-hydrogen) atoms. The second kappa shape index (κ2) is 8.23. The van der Waals surface area contributed by atoms with E-state index in [0.717, 1.165) is 19.4 Å². The maximum absolute atomic E-state index is 10.3. The first-order valence-electron chi connectivity index (χ1n) is 8.24. The quantitative estimate of drug-likeness (QED) is 0.753. The van der Waals surface area contributed by atoms with Gasteiger partial charge in [0, 0.05) is 25.7 Å². The number of piperidine rings is 1. The first kappa shape index (κ1) is 15.3. The summed E-state index contributed by atoms with van der Waals surface area (Å²) >= 11 is 0. The van der Waals surface area contributed by atoms with Crippen LogP contribution in [0, 0.1) is 5.92 Å². The fraction of sp³-hybridized carbons (Fsp3) is 1.00. The number of methoxy groups -OCH3 is 1. The molecule has 3 atom stereocenters. The number of hydrogen-bond donors (Lipinski definition) is 1. The van der Waals surface area contributed by atoms with Crippen LogP contribution in [-0.2, 0) is 4.74 Å². The minimum absolute atomic E-state index is 0.0432. The van der Waals surface area contributed by atoms with Crippen LogP contribution in [0.15, 0.2) is 0 Å². The van der Waals surface area contributed by atoms with Crippen molar-refractivity contribution in [2.24, 2.45) is 5.92 Å². The third kappa shape index (κ3) is 4.44. The highest BCUT2D eigenvalue weighted by molar-refractivity contribution is 4.88. The van der Waals surface area contributed by atoms with E-state index in [4.69, 9.17) is 4.74 Å². The molecule has 0 aromatic carbocycles. The minimum Gasteiger partial charge on any atom is -0.393 e. The molecule has 1 saturated heterocycles. The van der Waals surface area contributed by atoms with Gasteiger partial charge >= 0.3 is 0 Å². The molecule has 2 rings (SSSR count). The van der Waals surface area contributed by atoms with Crippen molar-refractivity contribution < 1.29 is 9.84 Å². The van der Waals surface area contributed by atoms with Crippen molar-refractivity contribution in [2.75, 3.05) is 26.8 Å². The molecule has 3 unspecified atom stereocenters. The molecule has 112 valence electrons. The number of aliphatic hydroxyl groups is 1. The van der Waals surface area contributed by atoms with E-state index in [0.29, 0.717) is 12.0 Å². The lowest BCUT2D eigenvalue weighted by Gasteiger charge is -2.43. The van der Waals surface area contributed by atoms with Crippen molar-refractivity contribution in [3.8, 4) is 0 Å². The number of aliphatic hydroxyl groups excluding tert-OH is 1. The van der Waals surface area contributed by atoms with Gasteiger partial charge in [-0.25, -0.2) is 0 Å². The number of hydrogen-bond acceptors (Lipinski definition) is 3. The molecule has 0 amide bonds. The van der Waals surface area contributed by atoms with Gasteiger partial charge in [-0.05, 0) is 51.6 Å². The Balaban J connectivity index is 1.84. The maximum atomic E-state index is 10.3. The molecule has 0 bridgehead atoms. The summed E-state index contributed by atoms with van der Waals surface area (Å²) in [6, 6.07) is 0.645. The molecule has 1 aliphatic heterocycles. The predicted molar refractivity (Wildman–Crippen MR) is 78.3 cm³/mol. The molecular weight excluding hydrogens is 238 g/mol. The molecule has 1 saturated carbocycles. The van der Waals surface area contributed by atoms with Gasteiger partial charge in [0.15, 0.2) is 0 Å². The number of ether oxygens (including phenoxy) is 1. The van der Waals surface area contributed by atoms with Crippen LogP contribution < -0.4 is 0 Å². The van der Waals surface area contributed by atoms with E-state index < -0.39 is 0 Å². The number of rotatable bonds is 6. The summed E-state index contributed by atoms with van der Waals surface area (Å²) in [5, 5.41) is 10.3. The van der Waals surface area contributed by atoms with Gasteiger partial charge in [-0.15, -0.1) is 0 Å². The van der Waals surface area contributed by atoms with E-state index in [9.17, 15) is 5.11 Å². The summed E-state index contributed by atoms with van der Waals surface area (Å²) in [6.45, 7) is 3.31. The van der Waals surface area contributed by atoms with Crippen molar-refractivity contribution in [3.05, 3.63) is 0 Å². The molecule has 3 heteroatoms. The first-order chi connectivity index (χ1) is 9.33. The molecule has 2 fully saturated rings. The van der Waals surface area contributed by atoms with Gasteiger partial charge in [0.25, 0.3) is 0 Å². The predicted octanol–water partition coefficient (Wildman–Crippen LogP) is 2.82. The van der Waals surface area contributed by atoms with Gasteiger partial charge in [0.05, 0.1) is 6.10 Å². The van der Waals surface area contributed by atoms with Crippen LogP contribution in [0.4, 0.5) is 0 Å². The molecule has 0 radical (unpaired) electrons. The highest BCUT2D eigenvalue weighted by Gasteiger charge is 2.35. The largest absolute Gasteiger partial charge is 0.393 e. The lowest BCUT2D eigenvalue weighted by Crippen LogP contribution is -2.49. The monoisotopic (exact) mass is 269 g/mol. The molecule has 3 nitrogen and oxygen atoms in total. The minimum atomic E-state index is -0.0432. The van der Waals surface area contributed by atoms with Crippen molar-refractivity contribution in [3.63, 3.8) is 0 Å². The van der Waals surface area contributed by atoms with Crippen LogP contribution in [0.1, 0.15) is 57.8 Å². The van der Waals surface area contributed by atoms with E-state index in [-0.39, 0.29) is 6.10 Å². The molecular formula is C16H31NO2. The topological polar surface area (TPSA) is 32.7 Å². The van der Waals surface area contributed by atoms with E-state index in [1.165, 1.54) is 58.0 Å². The van der Waals surface area contributed by atoms with E-state index in [2.05, 4.69) is 4.90 Å². The Bertz CT molecular complexity index is 247. The second-order valence-electron chi connectivity index (χ2n) is 6.31. The van der Waals surface area contributed by atoms with Gasteiger partial charge in [0.1, 0.15) is 0 Å². The van der Waals surface area contributed by atoms with Gasteiger partial charge in [0.2, 0.25) is 0 Å². The van der Waals surface area contributed by atoms with Gasteiger partial charge in [-0.1, -0.05) is 19.3 Å². The highest BCUT2D eigenvalue weighted by Crippen LogP contribution is 2.34. The zero-order chi connectivity index (χ0) is 13.5. The standard InChI is InChI=1S/C16H31NO2/c1-19-13-7-6-12-17-11-5-4-9-15(17)14-8-2-3-10-16(14)18/h14-16,18H,2-13H2,1H3. The molecule has 0 spiro atoms. The van der Waals surface area contributed by atoms with Crippen molar-refractivity contribution in [2.45, 2.75) is 69.9 Å². The Labute approximate surface area is 118 Å². The summed E-state index contributed by atoms with van der Waals surface area (Å²) in [5.74, 6) is 0.538. The normalized spacial score (nSPS) is 33.5. The fourth-order valence-electron chi connectivity index (χ4n) is 3.93. The van der Waals surface area contributed by atoms with E-state index in [1.54, 1.807) is 7.11 Å². The summed E-state index contributed by atoms with van der Waals surface area (Å²) in [5.41, 5.74) is 0. The third-order valence-electron chi connectivity index (χ3n) is 4.98. The van der Waals surface area contributed by atoms with Crippen LogP contribution in [0.25, 0.3) is 0 Å². The summed E-state index contributed by atoms with van der Waals surface area (Å²) in [6.07, 6.45) is 11.1. The van der Waals surface area contributed by atoms with Crippen LogP contribution in [0.3, 0.4) is 0 Å². The molecule has 1 heterocycles. The summed E-state index contributed by atoms with van der Waals surface area (Å²) < 4.78 is 5.13. The highest BCUT2D eigenvalue weighted by atomic mass is 16.5. The fourth-order valence-corrected chi connectivity index (χ4v) is 3.93. The van der Waals surface area contributed by atoms with E-state index in [1.807, 2.05) is 0 Å². The Morgan fingerprint density at radius 2 is 1.84 bits per heavy atom. The van der Waals surface area contributed by atoms with Crippen LogP contribution in [0.5, 0.6) is 0 Å². The Morgan fingerprint density at radius 3 is 2.63 bits per heavy atom. The summed E-state index contributed by atoms with van der Waals surface area (Å²) in [7, 11) is 1.78. The number of likely N-dealkylation sites (tertiary alicyclic amines) is 1. The Morgan fingerprint density at radius 1 is 1.05 bits per heavy atom. The van der Waals surface area contributed by atoms with E-state index >= 15 is 0 Å². The van der Waals surface area contributed by atoms with Gasteiger partial charge < -0.3 is 14.7 Å². The molecule has 0 aromatic rings. The average molecular weight is 269 g/mol. The SMILES string of the molecule is COCCCCN1CCCCC1C1CCCCC1O. The average Bonchev–Trinajstić information content (AvgIpc) is 2.45.